The number of benzene rings is 1. The fraction of sp³-hybridized carbons (Fsp3) is 0.429. The van der Waals surface area contributed by atoms with Crippen LogP contribution in [0.15, 0.2) is 53.7 Å². The normalized spacial score (nSPS) is 14.8. The SMILES string of the molecule is CCCOc1ccc(CNC(=NC)NCC2(c3ccccc3)CC2)cn1.I. The number of aliphatic imine (C=N–C) groups is 1. The molecule has 1 saturated carbocycles. The Hall–Kier alpha value is -1.83. The van der Waals surface area contributed by atoms with Crippen molar-refractivity contribution in [1.29, 1.82) is 0 Å². The second-order valence-electron chi connectivity index (χ2n) is 6.78. The van der Waals surface area contributed by atoms with E-state index < -0.39 is 0 Å². The van der Waals surface area contributed by atoms with Crippen LogP contribution in [0.2, 0.25) is 0 Å². The fourth-order valence-corrected chi connectivity index (χ4v) is 2.98. The zero-order chi connectivity index (χ0) is 18.2. The van der Waals surface area contributed by atoms with Crippen molar-refractivity contribution < 1.29 is 4.74 Å². The fourth-order valence-electron chi connectivity index (χ4n) is 2.98. The summed E-state index contributed by atoms with van der Waals surface area (Å²) < 4.78 is 5.51. The van der Waals surface area contributed by atoms with Gasteiger partial charge in [-0.2, -0.15) is 0 Å². The molecule has 0 spiro atoms. The highest BCUT2D eigenvalue weighted by atomic mass is 127. The average Bonchev–Trinajstić information content (AvgIpc) is 3.49. The number of nitrogens with one attached hydrogen (secondary N) is 2. The van der Waals surface area contributed by atoms with Crippen LogP contribution in [0, 0.1) is 0 Å². The molecule has 27 heavy (non-hydrogen) atoms. The van der Waals surface area contributed by atoms with Crippen molar-refractivity contribution >= 4 is 29.9 Å². The number of hydrogen-bond donors (Lipinski definition) is 2. The number of rotatable bonds is 8. The topological polar surface area (TPSA) is 58.5 Å². The Balaban J connectivity index is 0.00000261. The number of ether oxygens (including phenoxy) is 1. The Morgan fingerprint density at radius 2 is 1.93 bits per heavy atom. The summed E-state index contributed by atoms with van der Waals surface area (Å²) in [6, 6.07) is 14.7. The maximum Gasteiger partial charge on any atom is 0.213 e. The first-order chi connectivity index (χ1) is 12.8. The van der Waals surface area contributed by atoms with Gasteiger partial charge < -0.3 is 15.4 Å². The van der Waals surface area contributed by atoms with Crippen LogP contribution in [0.25, 0.3) is 0 Å². The van der Waals surface area contributed by atoms with Gasteiger partial charge in [-0.25, -0.2) is 4.98 Å². The Morgan fingerprint density at radius 1 is 1.15 bits per heavy atom. The highest BCUT2D eigenvalue weighted by Crippen LogP contribution is 2.47. The number of hydrogen-bond acceptors (Lipinski definition) is 3. The third kappa shape index (κ3) is 6.09. The van der Waals surface area contributed by atoms with Crippen molar-refractivity contribution in [3.8, 4) is 5.88 Å². The van der Waals surface area contributed by atoms with Crippen molar-refractivity contribution in [2.24, 2.45) is 4.99 Å². The van der Waals surface area contributed by atoms with Crippen LogP contribution in [0.5, 0.6) is 5.88 Å². The van der Waals surface area contributed by atoms with Gasteiger partial charge in [0.05, 0.1) is 6.61 Å². The molecule has 0 bridgehead atoms. The zero-order valence-corrected chi connectivity index (χ0v) is 18.4. The van der Waals surface area contributed by atoms with Crippen LogP contribution in [-0.2, 0) is 12.0 Å². The molecule has 6 heteroatoms. The molecule has 0 unspecified atom stereocenters. The third-order valence-electron chi connectivity index (χ3n) is 4.77. The minimum atomic E-state index is 0. The summed E-state index contributed by atoms with van der Waals surface area (Å²) in [5, 5.41) is 6.83. The minimum absolute atomic E-state index is 0. The monoisotopic (exact) mass is 480 g/mol. The van der Waals surface area contributed by atoms with E-state index >= 15 is 0 Å². The second kappa shape index (κ2) is 10.5. The van der Waals surface area contributed by atoms with Gasteiger partial charge in [0, 0.05) is 37.8 Å². The molecule has 1 aliphatic carbocycles. The lowest BCUT2D eigenvalue weighted by atomic mass is 9.96. The van der Waals surface area contributed by atoms with Gasteiger partial charge >= 0.3 is 0 Å². The molecule has 2 N–H and O–H groups in total. The predicted molar refractivity (Wildman–Crippen MR) is 121 cm³/mol. The Morgan fingerprint density at radius 3 is 2.52 bits per heavy atom. The lowest BCUT2D eigenvalue weighted by Gasteiger charge is -2.19. The molecular formula is C21H29IN4O. The van der Waals surface area contributed by atoms with Gasteiger partial charge in [-0.1, -0.05) is 43.3 Å². The summed E-state index contributed by atoms with van der Waals surface area (Å²) in [6.45, 7) is 4.36. The number of nitrogens with zero attached hydrogens (tertiary/aromatic N) is 2. The van der Waals surface area contributed by atoms with Crippen LogP contribution in [-0.4, -0.2) is 31.1 Å². The van der Waals surface area contributed by atoms with E-state index in [9.17, 15) is 0 Å². The van der Waals surface area contributed by atoms with Crippen molar-refractivity contribution in [2.45, 2.75) is 38.1 Å². The van der Waals surface area contributed by atoms with Crippen molar-refractivity contribution in [2.75, 3.05) is 20.2 Å². The molecular weight excluding hydrogens is 451 g/mol. The molecule has 1 aliphatic rings. The number of pyridine rings is 1. The molecule has 146 valence electrons. The lowest BCUT2D eigenvalue weighted by molar-refractivity contribution is 0.305. The molecule has 1 heterocycles. The van der Waals surface area contributed by atoms with Gasteiger partial charge in [0.1, 0.15) is 0 Å². The molecule has 0 amide bonds. The second-order valence-corrected chi connectivity index (χ2v) is 6.78. The van der Waals surface area contributed by atoms with Crippen LogP contribution < -0.4 is 15.4 Å². The highest BCUT2D eigenvalue weighted by molar-refractivity contribution is 14.0. The van der Waals surface area contributed by atoms with Crippen LogP contribution >= 0.6 is 24.0 Å². The molecule has 0 aliphatic heterocycles. The summed E-state index contributed by atoms with van der Waals surface area (Å²) in [5.41, 5.74) is 2.77. The zero-order valence-electron chi connectivity index (χ0n) is 16.1. The third-order valence-corrected chi connectivity index (χ3v) is 4.77. The van der Waals surface area contributed by atoms with Gasteiger partial charge in [0.25, 0.3) is 0 Å². The van der Waals surface area contributed by atoms with E-state index in [2.05, 4.69) is 57.9 Å². The number of halogens is 1. The van der Waals surface area contributed by atoms with Gasteiger partial charge in [0.15, 0.2) is 5.96 Å². The molecule has 1 aromatic heterocycles. The first kappa shape index (κ1) is 21.5. The molecule has 5 nitrogen and oxygen atoms in total. The van der Waals surface area contributed by atoms with Crippen molar-refractivity contribution in [1.82, 2.24) is 15.6 Å². The van der Waals surface area contributed by atoms with Gasteiger partial charge in [0.2, 0.25) is 5.88 Å². The van der Waals surface area contributed by atoms with E-state index in [4.69, 9.17) is 4.74 Å². The van der Waals surface area contributed by atoms with Crippen LogP contribution in [0.1, 0.15) is 37.3 Å². The first-order valence-electron chi connectivity index (χ1n) is 9.33. The maximum atomic E-state index is 5.51. The summed E-state index contributed by atoms with van der Waals surface area (Å²) >= 11 is 0. The molecule has 0 radical (unpaired) electrons. The predicted octanol–water partition coefficient (Wildman–Crippen LogP) is 3.89. The summed E-state index contributed by atoms with van der Waals surface area (Å²) in [6.07, 6.45) is 5.28. The Bertz CT molecular complexity index is 715. The van der Waals surface area contributed by atoms with Crippen LogP contribution in [0.3, 0.4) is 0 Å². The van der Waals surface area contributed by atoms with Gasteiger partial charge in [-0.3, -0.25) is 4.99 Å². The van der Waals surface area contributed by atoms with E-state index in [0.29, 0.717) is 19.0 Å². The summed E-state index contributed by atoms with van der Waals surface area (Å²) in [4.78, 5) is 8.67. The minimum Gasteiger partial charge on any atom is -0.478 e. The lowest BCUT2D eigenvalue weighted by Crippen LogP contribution is -2.40. The summed E-state index contributed by atoms with van der Waals surface area (Å²) in [7, 11) is 1.80. The van der Waals surface area contributed by atoms with Crippen molar-refractivity contribution in [3.05, 3.63) is 59.8 Å². The maximum absolute atomic E-state index is 5.51. The van der Waals surface area contributed by atoms with E-state index in [0.717, 1.165) is 24.5 Å². The number of aromatic nitrogens is 1. The average molecular weight is 480 g/mol. The molecule has 2 aromatic rings. The largest absolute Gasteiger partial charge is 0.478 e. The molecule has 1 fully saturated rings. The molecule has 3 rings (SSSR count). The standard InChI is InChI=1S/C21H28N4O.HI/c1-3-13-26-19-10-9-17(14-23-19)15-24-20(22-2)25-16-21(11-12-21)18-7-5-4-6-8-18;/h4-10,14H,3,11-13,15-16H2,1-2H3,(H2,22,24,25);1H. The van der Waals surface area contributed by atoms with Crippen molar-refractivity contribution in [3.63, 3.8) is 0 Å². The van der Waals surface area contributed by atoms with Crippen LogP contribution in [0.4, 0.5) is 0 Å². The van der Waals surface area contributed by atoms with E-state index in [1.54, 1.807) is 7.05 Å². The molecule has 0 saturated heterocycles. The smallest absolute Gasteiger partial charge is 0.213 e. The van der Waals surface area contributed by atoms with Gasteiger partial charge in [-0.15, -0.1) is 24.0 Å². The quantitative estimate of drug-likeness (QED) is 0.342. The van der Waals surface area contributed by atoms with E-state index in [-0.39, 0.29) is 29.4 Å². The number of guanidine groups is 1. The summed E-state index contributed by atoms with van der Waals surface area (Å²) in [5.74, 6) is 1.50. The van der Waals surface area contributed by atoms with E-state index in [1.807, 2.05) is 18.3 Å². The van der Waals surface area contributed by atoms with E-state index in [1.165, 1.54) is 18.4 Å². The van der Waals surface area contributed by atoms with Gasteiger partial charge in [-0.05, 0) is 30.4 Å². The Labute approximate surface area is 179 Å². The Kier molecular flexibility index (Phi) is 8.34. The molecule has 0 atom stereocenters. The highest BCUT2D eigenvalue weighted by Gasteiger charge is 2.43. The molecule has 1 aromatic carbocycles. The first-order valence-corrected chi connectivity index (χ1v) is 9.33.